The van der Waals surface area contributed by atoms with Gasteiger partial charge < -0.3 is 4.57 Å². The van der Waals surface area contributed by atoms with Crippen molar-refractivity contribution in [3.05, 3.63) is 180 Å². The fourth-order valence-electron chi connectivity index (χ4n) is 10.9. The standard InChI is InChI=1S/C58H48N4/c1-56(2)28-29-57(3,4)49-34-52-45(33-48(49)56)44-30-36-18-10-11-19-37(36)32-51(44)62(52)50-25-15-21-39-41(50)22-14-23-42(39)55-60-53(35-16-8-7-9-17-35)59-54(61-55)38-26-27-47-43(31-38)40-20-12-13-24-46(40)58(47,5)6/h7-27,30-34H,28-29H2,1-6H3. The Labute approximate surface area is 363 Å². The van der Waals surface area contributed by atoms with Crippen LogP contribution in [-0.2, 0) is 16.2 Å². The minimum Gasteiger partial charge on any atom is -0.309 e. The summed E-state index contributed by atoms with van der Waals surface area (Å²) in [6, 6.07) is 57.7. The Morgan fingerprint density at radius 2 is 0.968 bits per heavy atom. The Kier molecular flexibility index (Phi) is 7.77. The molecule has 2 aliphatic carbocycles. The summed E-state index contributed by atoms with van der Waals surface area (Å²) in [7, 11) is 0. The highest BCUT2D eigenvalue weighted by molar-refractivity contribution is 6.15. The minimum atomic E-state index is -0.0831. The van der Waals surface area contributed by atoms with Crippen molar-refractivity contribution in [2.45, 2.75) is 70.6 Å². The molecule has 2 aliphatic rings. The summed E-state index contributed by atoms with van der Waals surface area (Å²) in [4.78, 5) is 15.8. The van der Waals surface area contributed by atoms with Crippen LogP contribution in [0.2, 0.25) is 0 Å². The summed E-state index contributed by atoms with van der Waals surface area (Å²) in [5.41, 5.74) is 14.7. The van der Waals surface area contributed by atoms with E-state index in [0.29, 0.717) is 17.5 Å². The lowest BCUT2D eigenvalue weighted by molar-refractivity contribution is 0.332. The van der Waals surface area contributed by atoms with Gasteiger partial charge in [0.1, 0.15) is 0 Å². The summed E-state index contributed by atoms with van der Waals surface area (Å²) in [6.07, 6.45) is 2.34. The normalized spacial score (nSPS) is 15.8. The van der Waals surface area contributed by atoms with Crippen molar-refractivity contribution in [3.63, 3.8) is 0 Å². The summed E-state index contributed by atoms with van der Waals surface area (Å²) in [5, 5.41) is 7.32. The molecule has 0 fully saturated rings. The first-order chi connectivity index (χ1) is 30.0. The zero-order valence-electron chi connectivity index (χ0n) is 36.2. The molecule has 0 saturated carbocycles. The minimum absolute atomic E-state index is 0.0717. The summed E-state index contributed by atoms with van der Waals surface area (Å²) in [6.45, 7) is 14.3. The van der Waals surface area contributed by atoms with Crippen molar-refractivity contribution in [1.82, 2.24) is 19.5 Å². The van der Waals surface area contributed by atoms with E-state index >= 15 is 0 Å². The van der Waals surface area contributed by atoms with Crippen LogP contribution in [0.25, 0.3) is 94.3 Å². The summed E-state index contributed by atoms with van der Waals surface area (Å²) >= 11 is 0. The van der Waals surface area contributed by atoms with Crippen LogP contribution in [0.3, 0.4) is 0 Å². The highest BCUT2D eigenvalue weighted by Gasteiger charge is 2.38. The molecule has 4 nitrogen and oxygen atoms in total. The monoisotopic (exact) mass is 800 g/mol. The number of rotatable bonds is 4. The lowest BCUT2D eigenvalue weighted by Crippen LogP contribution is -2.33. The summed E-state index contributed by atoms with van der Waals surface area (Å²) in [5.74, 6) is 1.98. The van der Waals surface area contributed by atoms with Gasteiger partial charge >= 0.3 is 0 Å². The number of hydrogen-bond acceptors (Lipinski definition) is 3. The third kappa shape index (κ3) is 5.42. The first-order valence-electron chi connectivity index (χ1n) is 22.1. The van der Waals surface area contributed by atoms with Gasteiger partial charge in [0.05, 0.1) is 16.7 Å². The highest BCUT2D eigenvalue weighted by Crippen LogP contribution is 2.51. The molecular formula is C58H48N4. The van der Waals surface area contributed by atoms with Crippen LogP contribution in [0.1, 0.15) is 76.6 Å². The van der Waals surface area contributed by atoms with Crippen LogP contribution in [0.4, 0.5) is 0 Å². The predicted molar refractivity (Wildman–Crippen MR) is 258 cm³/mol. The van der Waals surface area contributed by atoms with Crippen LogP contribution in [0, 0.1) is 0 Å². The van der Waals surface area contributed by atoms with Gasteiger partial charge in [0.2, 0.25) is 0 Å². The Bertz CT molecular complexity index is 3500. The van der Waals surface area contributed by atoms with Crippen molar-refractivity contribution in [1.29, 1.82) is 0 Å². The topological polar surface area (TPSA) is 43.6 Å². The van der Waals surface area contributed by atoms with Gasteiger partial charge in [-0.3, -0.25) is 0 Å². The Morgan fingerprint density at radius 3 is 1.76 bits per heavy atom. The second kappa shape index (κ2) is 13.0. The SMILES string of the molecule is CC1(C)CCC(C)(C)c2cc3c(cc21)c1cc2ccccc2cc1n3-c1cccc2c(-c3nc(-c4ccccc4)nc(-c4ccc5c(c4)-c4ccccc4C5(C)C)n3)cccc12. The van der Waals surface area contributed by atoms with Crippen LogP contribution in [-0.4, -0.2) is 19.5 Å². The van der Waals surface area contributed by atoms with Gasteiger partial charge in [-0.1, -0.05) is 163 Å². The molecule has 0 bridgehead atoms. The molecule has 4 heteroatoms. The van der Waals surface area contributed by atoms with Crippen molar-refractivity contribution in [3.8, 4) is 51.0 Å². The van der Waals surface area contributed by atoms with Crippen LogP contribution >= 0.6 is 0 Å². The maximum absolute atomic E-state index is 5.34. The van der Waals surface area contributed by atoms with E-state index in [9.17, 15) is 0 Å². The second-order valence-corrected chi connectivity index (χ2v) is 19.5. The molecule has 0 N–H and O–H groups in total. The van der Waals surface area contributed by atoms with E-state index in [1.54, 1.807) is 0 Å². The van der Waals surface area contributed by atoms with Gasteiger partial charge in [0.25, 0.3) is 0 Å². The van der Waals surface area contributed by atoms with Gasteiger partial charge in [-0.15, -0.1) is 0 Å². The van der Waals surface area contributed by atoms with E-state index in [0.717, 1.165) is 39.6 Å². The number of benzene rings is 8. The van der Waals surface area contributed by atoms with Gasteiger partial charge in [0.15, 0.2) is 17.5 Å². The molecule has 0 unspecified atom stereocenters. The molecule has 62 heavy (non-hydrogen) atoms. The Balaban J connectivity index is 1.10. The molecule has 2 heterocycles. The number of hydrogen-bond donors (Lipinski definition) is 0. The first kappa shape index (κ1) is 36.9. The molecule has 2 aromatic heterocycles. The molecule has 0 atom stereocenters. The number of fused-ring (bicyclic) bond motifs is 9. The zero-order chi connectivity index (χ0) is 42.1. The third-order valence-corrected chi connectivity index (χ3v) is 14.5. The fourth-order valence-corrected chi connectivity index (χ4v) is 10.9. The molecule has 8 aromatic carbocycles. The van der Waals surface area contributed by atoms with Gasteiger partial charge in [-0.25, -0.2) is 15.0 Å². The maximum atomic E-state index is 5.34. The zero-order valence-corrected chi connectivity index (χ0v) is 36.2. The second-order valence-electron chi connectivity index (χ2n) is 19.5. The van der Waals surface area contributed by atoms with Gasteiger partial charge in [-0.05, 0) is 110 Å². The third-order valence-electron chi connectivity index (χ3n) is 14.5. The van der Waals surface area contributed by atoms with Crippen LogP contribution in [0.5, 0.6) is 0 Å². The number of nitrogens with zero attached hydrogens (tertiary/aromatic N) is 4. The molecule has 300 valence electrons. The van der Waals surface area contributed by atoms with Gasteiger partial charge in [-0.2, -0.15) is 0 Å². The number of aromatic nitrogens is 4. The Morgan fingerprint density at radius 1 is 0.387 bits per heavy atom. The quantitative estimate of drug-likeness (QED) is 0.178. The molecular weight excluding hydrogens is 753 g/mol. The Hall–Kier alpha value is -6.91. The fraction of sp³-hybridized carbons (Fsp3) is 0.190. The smallest absolute Gasteiger partial charge is 0.164 e. The highest BCUT2D eigenvalue weighted by atomic mass is 15.0. The maximum Gasteiger partial charge on any atom is 0.164 e. The largest absolute Gasteiger partial charge is 0.309 e. The predicted octanol–water partition coefficient (Wildman–Crippen LogP) is 14.9. The molecule has 0 radical (unpaired) electrons. The van der Waals surface area contributed by atoms with E-state index < -0.39 is 0 Å². The molecule has 0 saturated heterocycles. The molecule has 12 rings (SSSR count). The lowest BCUT2D eigenvalue weighted by atomic mass is 9.63. The van der Waals surface area contributed by atoms with Crippen LogP contribution < -0.4 is 0 Å². The van der Waals surface area contributed by atoms with E-state index in [1.807, 2.05) is 18.2 Å². The van der Waals surface area contributed by atoms with Gasteiger partial charge in [0, 0.05) is 38.3 Å². The first-order valence-corrected chi connectivity index (χ1v) is 22.1. The van der Waals surface area contributed by atoms with Crippen molar-refractivity contribution < 1.29 is 0 Å². The lowest BCUT2D eigenvalue weighted by Gasteiger charge is -2.42. The van der Waals surface area contributed by atoms with E-state index in [2.05, 4.69) is 186 Å². The van der Waals surface area contributed by atoms with Crippen molar-refractivity contribution in [2.75, 3.05) is 0 Å². The van der Waals surface area contributed by atoms with E-state index in [1.165, 1.54) is 72.4 Å². The van der Waals surface area contributed by atoms with Crippen molar-refractivity contribution >= 4 is 43.4 Å². The summed E-state index contributed by atoms with van der Waals surface area (Å²) < 4.78 is 2.53. The van der Waals surface area contributed by atoms with E-state index in [-0.39, 0.29) is 16.2 Å². The van der Waals surface area contributed by atoms with Crippen LogP contribution in [0.15, 0.2) is 158 Å². The van der Waals surface area contributed by atoms with Crippen molar-refractivity contribution in [2.24, 2.45) is 0 Å². The average Bonchev–Trinajstić information content (AvgIpc) is 3.72. The molecule has 0 aliphatic heterocycles. The van der Waals surface area contributed by atoms with E-state index in [4.69, 9.17) is 15.0 Å². The molecule has 0 spiro atoms. The molecule has 10 aromatic rings. The average molecular weight is 801 g/mol. The molecule has 0 amide bonds.